The monoisotopic (exact) mass is 270 g/mol. The Hall–Kier alpha value is -1.69. The average Bonchev–Trinajstić information content (AvgIpc) is 2.36. The number of carbonyl (C=O) groups excluding carboxylic acids is 1. The molecule has 4 nitrogen and oxygen atoms in total. The Balaban J connectivity index is 2.13. The third kappa shape index (κ3) is 3.01. The summed E-state index contributed by atoms with van der Waals surface area (Å²) in [6, 6.07) is 1.19. The number of hydrogen-bond acceptors (Lipinski definition) is 3. The van der Waals surface area contributed by atoms with Crippen LogP contribution < -0.4 is 11.1 Å². The number of nitrogen functional groups attached to an aromatic ring is 1. The average molecular weight is 270 g/mol. The molecule has 0 bridgehead atoms. The van der Waals surface area contributed by atoms with Crippen LogP contribution in [0.25, 0.3) is 0 Å². The molecule has 1 saturated carbocycles. The normalized spacial score (nSPS) is 23.1. The van der Waals surface area contributed by atoms with E-state index in [1.54, 1.807) is 0 Å². The molecule has 0 radical (unpaired) electrons. The molecule has 0 aliphatic heterocycles. The SMILES string of the molecule is Nc1cc(F)c(F)cc1C(=O)N[C@@H]1CCCC[C@H]1O. The summed E-state index contributed by atoms with van der Waals surface area (Å²) < 4.78 is 26.0. The first-order valence-electron chi connectivity index (χ1n) is 6.22. The van der Waals surface area contributed by atoms with Gasteiger partial charge < -0.3 is 16.2 Å². The van der Waals surface area contributed by atoms with Gasteiger partial charge in [0.25, 0.3) is 5.91 Å². The number of aliphatic hydroxyl groups is 1. The lowest BCUT2D eigenvalue weighted by Gasteiger charge is -2.28. The van der Waals surface area contributed by atoms with Gasteiger partial charge in [-0.1, -0.05) is 12.8 Å². The van der Waals surface area contributed by atoms with Gasteiger partial charge in [0, 0.05) is 11.8 Å². The Morgan fingerprint density at radius 3 is 2.58 bits per heavy atom. The van der Waals surface area contributed by atoms with Gasteiger partial charge in [0.15, 0.2) is 11.6 Å². The molecule has 1 aromatic rings. The summed E-state index contributed by atoms with van der Waals surface area (Å²) in [5, 5.41) is 12.4. The smallest absolute Gasteiger partial charge is 0.253 e. The fourth-order valence-electron chi connectivity index (χ4n) is 2.28. The van der Waals surface area contributed by atoms with Crippen molar-refractivity contribution in [1.82, 2.24) is 5.32 Å². The lowest BCUT2D eigenvalue weighted by Crippen LogP contribution is -2.45. The summed E-state index contributed by atoms with van der Waals surface area (Å²) in [5.74, 6) is -2.81. The number of nitrogens with one attached hydrogen (secondary N) is 1. The van der Waals surface area contributed by atoms with Crippen molar-refractivity contribution in [2.45, 2.75) is 37.8 Å². The molecular weight excluding hydrogens is 254 g/mol. The van der Waals surface area contributed by atoms with E-state index >= 15 is 0 Å². The molecule has 0 spiro atoms. The number of carbonyl (C=O) groups is 1. The van der Waals surface area contributed by atoms with Crippen LogP contribution in [-0.2, 0) is 0 Å². The number of aliphatic hydroxyl groups excluding tert-OH is 1. The number of benzene rings is 1. The summed E-state index contributed by atoms with van der Waals surface area (Å²) in [4.78, 5) is 12.0. The van der Waals surface area contributed by atoms with Crippen LogP contribution in [0.2, 0.25) is 0 Å². The van der Waals surface area contributed by atoms with Gasteiger partial charge in [0.1, 0.15) is 0 Å². The lowest BCUT2D eigenvalue weighted by atomic mass is 9.92. The molecule has 2 atom stereocenters. The van der Waals surface area contributed by atoms with Gasteiger partial charge in [-0.25, -0.2) is 8.78 Å². The molecule has 104 valence electrons. The van der Waals surface area contributed by atoms with Crippen LogP contribution >= 0.6 is 0 Å². The highest BCUT2D eigenvalue weighted by atomic mass is 19.2. The maximum absolute atomic E-state index is 13.1. The summed E-state index contributed by atoms with van der Waals surface area (Å²) >= 11 is 0. The molecule has 0 aromatic heterocycles. The molecule has 1 fully saturated rings. The van der Waals surface area contributed by atoms with Gasteiger partial charge in [-0.15, -0.1) is 0 Å². The van der Waals surface area contributed by atoms with Gasteiger partial charge in [-0.05, 0) is 18.9 Å². The van der Waals surface area contributed by atoms with Crippen molar-refractivity contribution in [2.24, 2.45) is 0 Å². The summed E-state index contributed by atoms with van der Waals surface area (Å²) in [7, 11) is 0. The molecule has 1 amide bonds. The molecule has 6 heteroatoms. The lowest BCUT2D eigenvalue weighted by molar-refractivity contribution is 0.0717. The van der Waals surface area contributed by atoms with E-state index in [-0.39, 0.29) is 17.3 Å². The second-order valence-electron chi connectivity index (χ2n) is 4.79. The fourth-order valence-corrected chi connectivity index (χ4v) is 2.28. The topological polar surface area (TPSA) is 75.4 Å². The summed E-state index contributed by atoms with van der Waals surface area (Å²) in [5.41, 5.74) is 5.26. The minimum atomic E-state index is -1.12. The van der Waals surface area contributed by atoms with Crippen LogP contribution in [-0.4, -0.2) is 23.2 Å². The van der Waals surface area contributed by atoms with E-state index in [1.165, 1.54) is 0 Å². The zero-order chi connectivity index (χ0) is 14.0. The Kier molecular flexibility index (Phi) is 3.99. The van der Waals surface area contributed by atoms with Crippen molar-refractivity contribution in [3.8, 4) is 0 Å². The van der Waals surface area contributed by atoms with Gasteiger partial charge in [0.05, 0.1) is 17.7 Å². The largest absolute Gasteiger partial charge is 0.398 e. The first kappa shape index (κ1) is 13.7. The van der Waals surface area contributed by atoms with E-state index in [0.29, 0.717) is 12.8 Å². The van der Waals surface area contributed by atoms with Crippen molar-refractivity contribution in [3.05, 3.63) is 29.3 Å². The van der Waals surface area contributed by atoms with Gasteiger partial charge in [0.2, 0.25) is 0 Å². The Labute approximate surface area is 109 Å². The van der Waals surface area contributed by atoms with E-state index in [0.717, 1.165) is 25.0 Å². The molecule has 0 heterocycles. The summed E-state index contributed by atoms with van der Waals surface area (Å²) in [6.07, 6.45) is 2.51. The Morgan fingerprint density at radius 2 is 1.89 bits per heavy atom. The quantitative estimate of drug-likeness (QED) is 0.714. The Morgan fingerprint density at radius 1 is 1.26 bits per heavy atom. The highest BCUT2D eigenvalue weighted by Crippen LogP contribution is 2.21. The van der Waals surface area contributed by atoms with E-state index in [9.17, 15) is 18.7 Å². The van der Waals surface area contributed by atoms with Gasteiger partial charge in [-0.2, -0.15) is 0 Å². The molecule has 4 N–H and O–H groups in total. The number of anilines is 1. The van der Waals surface area contributed by atoms with Crippen LogP contribution in [0.5, 0.6) is 0 Å². The molecule has 1 aromatic carbocycles. The minimum Gasteiger partial charge on any atom is -0.398 e. The molecule has 2 rings (SSSR count). The Bertz CT molecular complexity index is 494. The second kappa shape index (κ2) is 5.52. The molecule has 1 aliphatic rings. The standard InChI is InChI=1S/C13H16F2N2O2/c14-8-5-7(10(16)6-9(8)15)13(19)17-11-3-1-2-4-12(11)18/h5-6,11-12,18H,1-4,16H2,(H,17,19)/t11-,12-/m1/s1. The minimum absolute atomic E-state index is 0.114. The first-order chi connectivity index (χ1) is 8.99. The van der Waals surface area contributed by atoms with Crippen molar-refractivity contribution >= 4 is 11.6 Å². The van der Waals surface area contributed by atoms with Gasteiger partial charge in [-0.3, -0.25) is 4.79 Å². The first-order valence-corrected chi connectivity index (χ1v) is 6.22. The molecule has 1 aliphatic carbocycles. The molecule has 0 saturated heterocycles. The highest BCUT2D eigenvalue weighted by Gasteiger charge is 2.25. The molecular formula is C13H16F2N2O2. The van der Waals surface area contributed by atoms with Crippen molar-refractivity contribution in [1.29, 1.82) is 0 Å². The number of rotatable bonds is 2. The van der Waals surface area contributed by atoms with Crippen LogP contribution in [0.15, 0.2) is 12.1 Å². The van der Waals surface area contributed by atoms with Crippen molar-refractivity contribution in [3.63, 3.8) is 0 Å². The van der Waals surface area contributed by atoms with E-state index in [2.05, 4.69) is 5.32 Å². The van der Waals surface area contributed by atoms with Crippen LogP contribution in [0.3, 0.4) is 0 Å². The maximum atomic E-state index is 13.1. The van der Waals surface area contributed by atoms with Crippen LogP contribution in [0, 0.1) is 11.6 Å². The number of halogens is 2. The molecule has 0 unspecified atom stereocenters. The summed E-state index contributed by atoms with van der Waals surface area (Å²) in [6.45, 7) is 0. The zero-order valence-electron chi connectivity index (χ0n) is 10.3. The number of nitrogens with two attached hydrogens (primary N) is 1. The third-order valence-electron chi connectivity index (χ3n) is 3.38. The predicted molar refractivity (Wildman–Crippen MR) is 66.5 cm³/mol. The van der Waals surface area contributed by atoms with Crippen LogP contribution in [0.1, 0.15) is 36.0 Å². The van der Waals surface area contributed by atoms with Crippen LogP contribution in [0.4, 0.5) is 14.5 Å². The highest BCUT2D eigenvalue weighted by molar-refractivity contribution is 5.99. The van der Waals surface area contributed by atoms with Crippen molar-refractivity contribution in [2.75, 3.05) is 5.73 Å². The zero-order valence-corrected chi connectivity index (χ0v) is 10.3. The maximum Gasteiger partial charge on any atom is 0.253 e. The predicted octanol–water partition coefficient (Wildman–Crippen LogP) is 1.58. The number of hydrogen-bond donors (Lipinski definition) is 3. The van der Waals surface area contributed by atoms with E-state index in [4.69, 9.17) is 5.73 Å². The molecule has 19 heavy (non-hydrogen) atoms. The van der Waals surface area contributed by atoms with E-state index in [1.807, 2.05) is 0 Å². The van der Waals surface area contributed by atoms with Gasteiger partial charge >= 0.3 is 0 Å². The van der Waals surface area contributed by atoms with E-state index < -0.39 is 23.6 Å². The second-order valence-corrected chi connectivity index (χ2v) is 4.79. The fraction of sp³-hybridized carbons (Fsp3) is 0.462. The third-order valence-corrected chi connectivity index (χ3v) is 3.38. The number of amides is 1. The van der Waals surface area contributed by atoms with Crippen molar-refractivity contribution < 1.29 is 18.7 Å².